The molecule has 2 N–H and O–H groups in total. The SMILES string of the molecule is CCNCc1ccc(Sc2n[nH]c(=O)n2C(C)C)c(Br)c1. The maximum Gasteiger partial charge on any atom is 0.344 e. The number of halogens is 1. The summed E-state index contributed by atoms with van der Waals surface area (Å²) in [6, 6.07) is 6.30. The van der Waals surface area contributed by atoms with E-state index in [0.717, 1.165) is 22.5 Å². The molecule has 1 heterocycles. The van der Waals surface area contributed by atoms with E-state index < -0.39 is 0 Å². The highest BCUT2D eigenvalue weighted by Crippen LogP contribution is 2.33. The quantitative estimate of drug-likeness (QED) is 0.819. The van der Waals surface area contributed by atoms with E-state index >= 15 is 0 Å². The van der Waals surface area contributed by atoms with Crippen LogP contribution in [-0.4, -0.2) is 21.3 Å². The molecule has 5 nitrogen and oxygen atoms in total. The third kappa shape index (κ3) is 3.99. The molecule has 2 rings (SSSR count). The smallest absolute Gasteiger partial charge is 0.313 e. The van der Waals surface area contributed by atoms with Crippen LogP contribution in [0.4, 0.5) is 0 Å². The van der Waals surface area contributed by atoms with Crippen molar-refractivity contribution in [2.75, 3.05) is 6.54 Å². The fraction of sp³-hybridized carbons (Fsp3) is 0.429. The average Bonchev–Trinajstić information content (AvgIpc) is 2.80. The van der Waals surface area contributed by atoms with E-state index in [-0.39, 0.29) is 11.7 Å². The summed E-state index contributed by atoms with van der Waals surface area (Å²) in [5, 5.41) is 10.6. The highest BCUT2D eigenvalue weighted by molar-refractivity contribution is 9.10. The first-order valence-corrected chi connectivity index (χ1v) is 8.47. The predicted molar refractivity (Wildman–Crippen MR) is 88.9 cm³/mol. The van der Waals surface area contributed by atoms with Gasteiger partial charge in [-0.05, 0) is 65.8 Å². The molecule has 0 radical (unpaired) electrons. The average molecular weight is 371 g/mol. The summed E-state index contributed by atoms with van der Waals surface area (Å²) in [6.45, 7) is 7.81. The molecule has 0 spiro atoms. The normalized spacial score (nSPS) is 11.3. The number of nitrogens with one attached hydrogen (secondary N) is 2. The summed E-state index contributed by atoms with van der Waals surface area (Å²) in [5.41, 5.74) is 1.05. The van der Waals surface area contributed by atoms with E-state index in [4.69, 9.17) is 0 Å². The third-order valence-corrected chi connectivity index (χ3v) is 4.93. The van der Waals surface area contributed by atoms with Crippen LogP contribution in [0.15, 0.2) is 37.5 Å². The van der Waals surface area contributed by atoms with Crippen molar-refractivity contribution >= 4 is 27.7 Å². The molecule has 1 aromatic heterocycles. The summed E-state index contributed by atoms with van der Waals surface area (Å²) < 4.78 is 2.66. The van der Waals surface area contributed by atoms with E-state index in [2.05, 4.69) is 50.5 Å². The lowest BCUT2D eigenvalue weighted by atomic mass is 10.2. The second-order valence-corrected chi connectivity index (χ2v) is 6.79. The molecule has 0 aliphatic heterocycles. The molecule has 0 aliphatic rings. The highest BCUT2D eigenvalue weighted by atomic mass is 79.9. The zero-order valence-electron chi connectivity index (χ0n) is 12.3. The fourth-order valence-corrected chi connectivity index (χ4v) is 3.56. The number of hydrogen-bond acceptors (Lipinski definition) is 4. The van der Waals surface area contributed by atoms with Crippen molar-refractivity contribution in [3.8, 4) is 0 Å². The minimum Gasteiger partial charge on any atom is -0.313 e. The van der Waals surface area contributed by atoms with Gasteiger partial charge in [0.25, 0.3) is 0 Å². The van der Waals surface area contributed by atoms with Gasteiger partial charge in [0.05, 0.1) is 0 Å². The molecule has 0 fully saturated rings. The minimum atomic E-state index is -0.174. The van der Waals surface area contributed by atoms with Crippen LogP contribution < -0.4 is 11.0 Å². The van der Waals surface area contributed by atoms with Crippen LogP contribution in [-0.2, 0) is 6.54 Å². The molecule has 1 aromatic carbocycles. The lowest BCUT2D eigenvalue weighted by molar-refractivity contribution is 0.534. The first kappa shape index (κ1) is 16.3. The minimum absolute atomic E-state index is 0.0746. The van der Waals surface area contributed by atoms with Gasteiger partial charge in [0.15, 0.2) is 5.16 Å². The number of nitrogens with zero attached hydrogens (tertiary/aromatic N) is 2. The predicted octanol–water partition coefficient (Wildman–Crippen LogP) is 3.18. The second-order valence-electron chi connectivity index (χ2n) is 4.92. The molecule has 0 atom stereocenters. The van der Waals surface area contributed by atoms with Crippen molar-refractivity contribution in [2.45, 2.75) is 43.4 Å². The number of rotatable bonds is 6. The zero-order valence-corrected chi connectivity index (χ0v) is 14.7. The molecule has 7 heteroatoms. The van der Waals surface area contributed by atoms with Crippen LogP contribution in [0.25, 0.3) is 0 Å². The maximum absolute atomic E-state index is 11.7. The van der Waals surface area contributed by atoms with Crippen molar-refractivity contribution in [3.63, 3.8) is 0 Å². The second kappa shape index (κ2) is 7.29. The molecule has 0 unspecified atom stereocenters. The van der Waals surface area contributed by atoms with Crippen molar-refractivity contribution in [1.29, 1.82) is 0 Å². The molecule has 21 heavy (non-hydrogen) atoms. The molecule has 0 amide bonds. The summed E-state index contributed by atoms with van der Waals surface area (Å²) in [5.74, 6) is 0. The Morgan fingerprint density at radius 3 is 2.86 bits per heavy atom. The van der Waals surface area contributed by atoms with Gasteiger partial charge >= 0.3 is 5.69 Å². The van der Waals surface area contributed by atoms with E-state index in [9.17, 15) is 4.79 Å². The Labute approximate surface area is 136 Å². The topological polar surface area (TPSA) is 62.7 Å². The Morgan fingerprint density at radius 2 is 2.24 bits per heavy atom. The summed E-state index contributed by atoms with van der Waals surface area (Å²) in [4.78, 5) is 12.8. The van der Waals surface area contributed by atoms with Crippen LogP contribution in [0.2, 0.25) is 0 Å². The third-order valence-electron chi connectivity index (χ3n) is 2.97. The van der Waals surface area contributed by atoms with Gasteiger partial charge < -0.3 is 5.32 Å². The Balaban J connectivity index is 2.22. The van der Waals surface area contributed by atoms with Crippen LogP contribution in [0.5, 0.6) is 0 Å². The monoisotopic (exact) mass is 370 g/mol. The summed E-state index contributed by atoms with van der Waals surface area (Å²) >= 11 is 5.07. The summed E-state index contributed by atoms with van der Waals surface area (Å²) in [7, 11) is 0. The Kier molecular flexibility index (Phi) is 5.66. The molecular weight excluding hydrogens is 352 g/mol. The Morgan fingerprint density at radius 1 is 1.48 bits per heavy atom. The molecule has 0 aliphatic carbocycles. The van der Waals surface area contributed by atoms with Crippen molar-refractivity contribution < 1.29 is 0 Å². The molecule has 114 valence electrons. The Hall–Kier alpha value is -1.05. The highest BCUT2D eigenvalue weighted by Gasteiger charge is 2.14. The van der Waals surface area contributed by atoms with E-state index in [0.29, 0.717) is 5.16 Å². The van der Waals surface area contributed by atoms with Gasteiger partial charge in [-0.3, -0.25) is 4.57 Å². The number of aromatic nitrogens is 3. The molecule has 0 saturated carbocycles. The zero-order chi connectivity index (χ0) is 15.4. The lowest BCUT2D eigenvalue weighted by Crippen LogP contribution is -2.19. The number of hydrogen-bond donors (Lipinski definition) is 2. The van der Waals surface area contributed by atoms with Gasteiger partial charge in [0.1, 0.15) is 0 Å². The molecule has 0 bridgehead atoms. The first-order valence-electron chi connectivity index (χ1n) is 6.86. The first-order chi connectivity index (χ1) is 10.0. The van der Waals surface area contributed by atoms with Crippen molar-refractivity contribution in [3.05, 3.63) is 38.7 Å². The van der Waals surface area contributed by atoms with E-state index in [1.807, 2.05) is 19.9 Å². The lowest BCUT2D eigenvalue weighted by Gasteiger charge is -2.10. The van der Waals surface area contributed by atoms with E-state index in [1.165, 1.54) is 17.3 Å². The molecule has 0 saturated heterocycles. The van der Waals surface area contributed by atoms with Crippen molar-refractivity contribution in [1.82, 2.24) is 20.1 Å². The number of aromatic amines is 1. The van der Waals surface area contributed by atoms with Crippen LogP contribution >= 0.6 is 27.7 Å². The van der Waals surface area contributed by atoms with E-state index in [1.54, 1.807) is 4.57 Å². The largest absolute Gasteiger partial charge is 0.344 e. The van der Waals surface area contributed by atoms with Crippen LogP contribution in [0.3, 0.4) is 0 Å². The summed E-state index contributed by atoms with van der Waals surface area (Å²) in [6.07, 6.45) is 0. The van der Waals surface area contributed by atoms with Gasteiger partial charge in [-0.15, -0.1) is 5.10 Å². The van der Waals surface area contributed by atoms with Crippen LogP contribution in [0.1, 0.15) is 32.4 Å². The Bertz CT molecular complexity index is 665. The van der Waals surface area contributed by atoms with Crippen molar-refractivity contribution in [2.24, 2.45) is 0 Å². The number of benzene rings is 1. The van der Waals surface area contributed by atoms with Gasteiger partial charge in [-0.1, -0.05) is 13.0 Å². The van der Waals surface area contributed by atoms with Gasteiger partial charge in [0, 0.05) is 22.0 Å². The van der Waals surface area contributed by atoms with Gasteiger partial charge in [-0.2, -0.15) is 0 Å². The number of H-pyrrole nitrogens is 1. The standard InChI is InChI=1S/C14H19BrN4OS/c1-4-16-8-10-5-6-12(11(15)7-10)21-14-18-17-13(20)19(14)9(2)3/h5-7,9,16H,4,8H2,1-3H3,(H,17,20). The fourth-order valence-electron chi connectivity index (χ4n) is 1.92. The maximum atomic E-state index is 11.7. The van der Waals surface area contributed by atoms with Gasteiger partial charge in [-0.25, -0.2) is 9.89 Å². The molecular formula is C14H19BrN4OS. The van der Waals surface area contributed by atoms with Crippen LogP contribution in [0, 0.1) is 0 Å². The van der Waals surface area contributed by atoms with Gasteiger partial charge in [0.2, 0.25) is 0 Å². The molecule has 2 aromatic rings.